The average molecular weight is 408 g/mol. The average Bonchev–Trinajstić information content (AvgIpc) is 3.27. The maximum Gasteiger partial charge on any atom is 0.425 e. The Morgan fingerprint density at radius 2 is 2.07 bits per heavy atom. The van der Waals surface area contributed by atoms with Crippen molar-refractivity contribution in [1.82, 2.24) is 14.4 Å². The highest BCUT2D eigenvalue weighted by Gasteiger charge is 2.38. The van der Waals surface area contributed by atoms with Crippen LogP contribution in [0.3, 0.4) is 0 Å². The Kier molecular flexibility index (Phi) is 5.06. The van der Waals surface area contributed by atoms with E-state index in [9.17, 15) is 17.6 Å². The number of ether oxygens (including phenoxy) is 1. The second kappa shape index (κ2) is 7.53. The van der Waals surface area contributed by atoms with Crippen LogP contribution in [0.5, 0.6) is 5.75 Å². The van der Waals surface area contributed by atoms with Gasteiger partial charge in [-0.1, -0.05) is 6.07 Å². The lowest BCUT2D eigenvalue weighted by atomic mass is 10.2. The minimum absolute atomic E-state index is 0.0815. The van der Waals surface area contributed by atoms with Crippen LogP contribution in [0.4, 0.5) is 23.4 Å². The van der Waals surface area contributed by atoms with Crippen LogP contribution in [-0.2, 0) is 0 Å². The van der Waals surface area contributed by atoms with Gasteiger partial charge in [-0.3, -0.25) is 4.40 Å². The number of nitrogens with zero attached hydrogens (tertiary/aromatic N) is 3. The second-order valence-corrected chi connectivity index (χ2v) is 7.14. The van der Waals surface area contributed by atoms with E-state index >= 15 is 0 Å². The summed E-state index contributed by atoms with van der Waals surface area (Å²) in [6.07, 6.45) is -1.89. The van der Waals surface area contributed by atoms with Crippen LogP contribution in [0.15, 0.2) is 42.7 Å². The molecule has 1 fully saturated rings. The summed E-state index contributed by atoms with van der Waals surface area (Å²) in [5.41, 5.74) is 1.72. The summed E-state index contributed by atoms with van der Waals surface area (Å²) in [5, 5.41) is 3.14. The zero-order chi connectivity index (χ0) is 20.6. The molecule has 29 heavy (non-hydrogen) atoms. The molecule has 0 aromatic carbocycles. The molecule has 1 aliphatic rings. The fraction of sp³-hybridized carbons (Fsp3) is 0.400. The summed E-state index contributed by atoms with van der Waals surface area (Å²) in [5.74, 6) is 0.657. The number of anilines is 1. The van der Waals surface area contributed by atoms with Gasteiger partial charge in [0.2, 0.25) is 0 Å². The van der Waals surface area contributed by atoms with Crippen molar-refractivity contribution < 1.29 is 22.3 Å². The highest BCUT2D eigenvalue weighted by Crippen LogP contribution is 2.28. The number of pyridine rings is 2. The number of rotatable bonds is 5. The number of alkyl halides is 4. The van der Waals surface area contributed by atoms with Gasteiger partial charge in [-0.25, -0.2) is 14.4 Å². The predicted molar refractivity (Wildman–Crippen MR) is 101 cm³/mol. The number of hydrogen-bond donors (Lipinski definition) is 1. The van der Waals surface area contributed by atoms with Crippen molar-refractivity contribution in [2.45, 2.75) is 50.7 Å². The summed E-state index contributed by atoms with van der Waals surface area (Å²) in [6, 6.07) is 8.05. The molecule has 0 radical (unpaired) electrons. The lowest BCUT2D eigenvalue weighted by molar-refractivity contribution is -0.189. The first kappa shape index (κ1) is 19.5. The van der Waals surface area contributed by atoms with Gasteiger partial charge in [0.15, 0.2) is 6.10 Å². The first-order valence-corrected chi connectivity index (χ1v) is 9.40. The fourth-order valence-corrected chi connectivity index (χ4v) is 3.42. The summed E-state index contributed by atoms with van der Waals surface area (Å²) >= 11 is 0. The van der Waals surface area contributed by atoms with E-state index < -0.39 is 18.5 Å². The van der Waals surface area contributed by atoms with E-state index in [1.165, 1.54) is 12.1 Å². The van der Waals surface area contributed by atoms with Gasteiger partial charge < -0.3 is 10.1 Å². The van der Waals surface area contributed by atoms with E-state index in [1.54, 1.807) is 28.9 Å². The largest absolute Gasteiger partial charge is 0.481 e. The third-order valence-electron chi connectivity index (χ3n) is 5.03. The molecule has 1 N–H and O–H groups in total. The fourth-order valence-electron chi connectivity index (χ4n) is 3.42. The van der Waals surface area contributed by atoms with Crippen molar-refractivity contribution in [3.63, 3.8) is 0 Å². The monoisotopic (exact) mass is 408 g/mol. The highest BCUT2D eigenvalue weighted by molar-refractivity contribution is 5.63. The van der Waals surface area contributed by atoms with Gasteiger partial charge >= 0.3 is 6.18 Å². The van der Waals surface area contributed by atoms with Gasteiger partial charge in [-0.15, -0.1) is 0 Å². The molecular formula is C20H20F4N4O. The van der Waals surface area contributed by atoms with E-state index in [4.69, 9.17) is 4.74 Å². The van der Waals surface area contributed by atoms with Gasteiger partial charge in [0.05, 0.1) is 23.6 Å². The molecule has 3 aromatic heterocycles. The topological polar surface area (TPSA) is 51.5 Å². The molecule has 0 aliphatic heterocycles. The predicted octanol–water partition coefficient (Wildman–Crippen LogP) is 5.03. The van der Waals surface area contributed by atoms with Crippen molar-refractivity contribution in [2.75, 3.05) is 5.32 Å². The molecule has 0 saturated heterocycles. The zero-order valence-corrected chi connectivity index (χ0v) is 15.7. The lowest BCUT2D eigenvalue weighted by Crippen LogP contribution is -2.31. The lowest BCUT2D eigenvalue weighted by Gasteiger charge is -2.17. The Bertz CT molecular complexity index is 1000. The van der Waals surface area contributed by atoms with Crippen LogP contribution >= 0.6 is 0 Å². The van der Waals surface area contributed by atoms with E-state index in [-0.39, 0.29) is 11.8 Å². The maximum atomic E-state index is 13.9. The summed E-state index contributed by atoms with van der Waals surface area (Å²) in [4.78, 5) is 8.80. The van der Waals surface area contributed by atoms with Gasteiger partial charge in [0.25, 0.3) is 0 Å². The minimum Gasteiger partial charge on any atom is -0.481 e. The Morgan fingerprint density at radius 1 is 1.24 bits per heavy atom. The Morgan fingerprint density at radius 3 is 2.79 bits per heavy atom. The molecule has 0 bridgehead atoms. The maximum absolute atomic E-state index is 13.9. The molecule has 1 aliphatic carbocycles. The van der Waals surface area contributed by atoms with Crippen molar-refractivity contribution in [2.24, 2.45) is 0 Å². The second-order valence-electron chi connectivity index (χ2n) is 7.14. The number of aromatic nitrogens is 3. The summed E-state index contributed by atoms with van der Waals surface area (Å²) in [6.45, 7) is 0.954. The number of fused-ring (bicyclic) bond motifs is 1. The molecular weight excluding hydrogens is 388 g/mol. The van der Waals surface area contributed by atoms with E-state index in [0.717, 1.165) is 19.8 Å². The van der Waals surface area contributed by atoms with Crippen LogP contribution in [0, 0.1) is 0 Å². The molecule has 0 spiro atoms. The van der Waals surface area contributed by atoms with Gasteiger partial charge in [0.1, 0.15) is 23.4 Å². The molecule has 0 unspecified atom stereocenters. The number of halogens is 4. The molecule has 3 atom stereocenters. The number of nitrogens with one attached hydrogen (secondary N) is 1. The molecule has 3 heterocycles. The zero-order valence-electron chi connectivity index (χ0n) is 15.7. The van der Waals surface area contributed by atoms with Crippen LogP contribution in [0.1, 0.15) is 26.2 Å². The Labute approximate surface area is 164 Å². The number of hydrogen-bond acceptors (Lipinski definition) is 4. The van der Waals surface area contributed by atoms with Crippen LogP contribution < -0.4 is 10.1 Å². The third-order valence-corrected chi connectivity index (χ3v) is 5.03. The molecule has 1 saturated carbocycles. The smallest absolute Gasteiger partial charge is 0.425 e. The van der Waals surface area contributed by atoms with Gasteiger partial charge in [-0.2, -0.15) is 13.2 Å². The van der Waals surface area contributed by atoms with Crippen molar-refractivity contribution in [3.8, 4) is 17.1 Å². The number of imidazole rings is 1. The van der Waals surface area contributed by atoms with Crippen LogP contribution in [-0.4, -0.2) is 38.9 Å². The van der Waals surface area contributed by atoms with Crippen LogP contribution in [0.25, 0.3) is 17.0 Å². The molecule has 5 nitrogen and oxygen atoms in total. The van der Waals surface area contributed by atoms with Crippen molar-refractivity contribution >= 4 is 11.5 Å². The summed E-state index contributed by atoms with van der Waals surface area (Å²) in [7, 11) is 0. The Balaban J connectivity index is 1.57. The van der Waals surface area contributed by atoms with Crippen molar-refractivity contribution in [1.29, 1.82) is 0 Å². The van der Waals surface area contributed by atoms with E-state index in [0.29, 0.717) is 29.3 Å². The Hall–Kier alpha value is -2.84. The molecule has 9 heteroatoms. The standard InChI is InChI=1S/C20H20F4N4O/c1-12(20(22,23)24)29-13-8-9-28-17(11-25-19(28)10-13)16-6-3-7-18(27-16)26-15-5-2-4-14(15)21/h3,6-12,14-15H,2,4-5H2,1H3,(H,26,27)/t12-,14+,15+/m1/s1. The molecule has 4 rings (SSSR count). The van der Waals surface area contributed by atoms with Gasteiger partial charge in [-0.05, 0) is 44.4 Å². The highest BCUT2D eigenvalue weighted by atomic mass is 19.4. The van der Waals surface area contributed by atoms with E-state index in [1.807, 2.05) is 6.07 Å². The first-order valence-electron chi connectivity index (χ1n) is 9.40. The quantitative estimate of drug-likeness (QED) is 0.602. The SMILES string of the molecule is C[C@@H](Oc1ccn2c(-c3cccc(N[C@H]4CCC[C@@H]4F)n3)cnc2c1)C(F)(F)F. The van der Waals surface area contributed by atoms with Gasteiger partial charge in [0, 0.05) is 12.3 Å². The van der Waals surface area contributed by atoms with E-state index in [2.05, 4.69) is 15.3 Å². The molecule has 0 amide bonds. The minimum atomic E-state index is -4.44. The normalized spacial score (nSPS) is 20.7. The van der Waals surface area contributed by atoms with Crippen LogP contribution in [0.2, 0.25) is 0 Å². The third kappa shape index (κ3) is 4.13. The first-order chi connectivity index (χ1) is 13.8. The molecule has 3 aromatic rings. The molecule has 154 valence electrons. The summed E-state index contributed by atoms with van der Waals surface area (Å²) < 4.78 is 58.6. The van der Waals surface area contributed by atoms with Crippen molar-refractivity contribution in [3.05, 3.63) is 42.7 Å².